The summed E-state index contributed by atoms with van der Waals surface area (Å²) in [5, 5.41) is 13.8. The number of nitrogens with zero attached hydrogens (tertiary/aromatic N) is 1. The Kier molecular flexibility index (Phi) is 7.96. The summed E-state index contributed by atoms with van der Waals surface area (Å²) in [4.78, 5) is 30.2. The Morgan fingerprint density at radius 1 is 1.07 bits per heavy atom. The number of halogens is 3. The van der Waals surface area contributed by atoms with Gasteiger partial charge in [-0.15, -0.1) is 13.2 Å². The lowest BCUT2D eigenvalue weighted by molar-refractivity contribution is -0.274. The molecule has 1 aromatic heterocycles. The molecule has 2 heterocycles. The molecule has 1 atom stereocenters. The standard InChI is InChI=1S/C32H28F3N3O4/c1-31(20-39,18-23-19-36-27-6-3-2-5-25(23)27)37-30(41)26-17-22(12-15-28(26)42-32(33,34)35)9-8-21-10-13-24(14-11-21)38-16-4-7-29(38)40/h2-3,5-6,10-15,17,19,36,39H,4,7,16,18,20H2,1H3,(H,37,41). The van der Waals surface area contributed by atoms with E-state index in [2.05, 4.69) is 26.9 Å². The monoisotopic (exact) mass is 575 g/mol. The van der Waals surface area contributed by atoms with Crippen LogP contribution in [0.5, 0.6) is 5.75 Å². The van der Waals surface area contributed by atoms with E-state index in [1.165, 1.54) is 12.1 Å². The van der Waals surface area contributed by atoms with Crippen molar-refractivity contribution < 1.29 is 32.6 Å². The van der Waals surface area contributed by atoms with Crippen LogP contribution in [-0.2, 0) is 11.2 Å². The van der Waals surface area contributed by atoms with Gasteiger partial charge >= 0.3 is 6.36 Å². The van der Waals surface area contributed by atoms with Crippen LogP contribution in [0.15, 0.2) is 72.9 Å². The first kappa shape index (κ1) is 28.8. The quantitative estimate of drug-likeness (QED) is 0.260. The van der Waals surface area contributed by atoms with Gasteiger partial charge < -0.3 is 25.0 Å². The van der Waals surface area contributed by atoms with E-state index in [0.717, 1.165) is 34.6 Å². The summed E-state index contributed by atoms with van der Waals surface area (Å²) in [5.74, 6) is 4.35. The van der Waals surface area contributed by atoms with Crippen LogP contribution in [0.25, 0.3) is 10.9 Å². The van der Waals surface area contributed by atoms with Crippen molar-refractivity contribution in [3.63, 3.8) is 0 Å². The first-order valence-corrected chi connectivity index (χ1v) is 13.3. The van der Waals surface area contributed by atoms with Gasteiger partial charge in [0, 0.05) is 46.9 Å². The number of ether oxygens (including phenoxy) is 1. The van der Waals surface area contributed by atoms with Crippen molar-refractivity contribution >= 4 is 28.4 Å². The molecule has 0 aliphatic carbocycles. The van der Waals surface area contributed by atoms with Gasteiger partial charge in [0.05, 0.1) is 17.7 Å². The lowest BCUT2D eigenvalue weighted by Crippen LogP contribution is -2.50. The van der Waals surface area contributed by atoms with E-state index in [0.29, 0.717) is 18.5 Å². The highest BCUT2D eigenvalue weighted by atomic mass is 19.4. The van der Waals surface area contributed by atoms with Gasteiger partial charge in [-0.1, -0.05) is 30.0 Å². The second-order valence-electron chi connectivity index (χ2n) is 10.4. The molecule has 3 N–H and O–H groups in total. The van der Waals surface area contributed by atoms with Crippen LogP contribution in [-0.4, -0.2) is 47.0 Å². The highest BCUT2D eigenvalue weighted by molar-refractivity contribution is 5.98. The smallest absolute Gasteiger partial charge is 0.405 e. The summed E-state index contributed by atoms with van der Waals surface area (Å²) in [5.41, 5.74) is 1.82. The molecule has 3 aromatic carbocycles. The Labute approximate surface area is 240 Å². The highest BCUT2D eigenvalue weighted by Crippen LogP contribution is 2.29. The molecule has 0 radical (unpaired) electrons. The number of aliphatic hydroxyl groups is 1. The molecule has 1 saturated heterocycles. The number of fused-ring (bicyclic) bond motifs is 1. The summed E-state index contributed by atoms with van der Waals surface area (Å²) in [6.45, 7) is 1.81. The van der Waals surface area contributed by atoms with E-state index in [-0.39, 0.29) is 23.5 Å². The maximum atomic E-state index is 13.4. The third-order valence-electron chi connectivity index (χ3n) is 7.07. The Hall–Kier alpha value is -4.75. The van der Waals surface area contributed by atoms with E-state index in [1.54, 1.807) is 42.3 Å². The molecule has 7 nitrogen and oxygen atoms in total. The fraction of sp³-hybridized carbons (Fsp3) is 0.250. The lowest BCUT2D eigenvalue weighted by atomic mass is 9.92. The molecule has 0 bridgehead atoms. The first-order valence-electron chi connectivity index (χ1n) is 13.3. The Bertz CT molecular complexity index is 1690. The maximum Gasteiger partial charge on any atom is 0.573 e. The number of rotatable bonds is 7. The SMILES string of the molecule is CC(CO)(Cc1c[nH]c2ccccc12)NC(=O)c1cc(C#Cc2ccc(N3CCCC3=O)cc2)ccc1OC(F)(F)F. The molecule has 10 heteroatoms. The van der Waals surface area contributed by atoms with Crippen LogP contribution in [0.2, 0.25) is 0 Å². The summed E-state index contributed by atoms with van der Waals surface area (Å²) in [6, 6.07) is 18.2. The number of hydrogen-bond acceptors (Lipinski definition) is 4. The number of carbonyl (C=O) groups is 2. The lowest BCUT2D eigenvalue weighted by Gasteiger charge is -2.29. The van der Waals surface area contributed by atoms with Crippen LogP contribution in [0.4, 0.5) is 18.9 Å². The molecule has 0 saturated carbocycles. The number of anilines is 1. The predicted octanol–water partition coefficient (Wildman–Crippen LogP) is 5.32. The number of alkyl halides is 3. The van der Waals surface area contributed by atoms with E-state index in [9.17, 15) is 27.9 Å². The number of nitrogens with one attached hydrogen (secondary N) is 2. The minimum Gasteiger partial charge on any atom is -0.405 e. The maximum absolute atomic E-state index is 13.4. The third kappa shape index (κ3) is 6.58. The Morgan fingerprint density at radius 2 is 1.79 bits per heavy atom. The van der Waals surface area contributed by atoms with Gasteiger partial charge in [-0.05, 0) is 73.9 Å². The van der Waals surface area contributed by atoms with E-state index in [4.69, 9.17) is 0 Å². The minimum absolute atomic E-state index is 0.0690. The minimum atomic E-state index is -5.02. The van der Waals surface area contributed by atoms with Crippen LogP contribution in [0.1, 0.15) is 46.8 Å². The van der Waals surface area contributed by atoms with Gasteiger partial charge in [-0.3, -0.25) is 9.59 Å². The molecule has 1 unspecified atom stereocenters. The summed E-state index contributed by atoms with van der Waals surface area (Å²) in [6.07, 6.45) is -1.70. The van der Waals surface area contributed by atoms with Crippen molar-refractivity contribution in [2.24, 2.45) is 0 Å². The van der Waals surface area contributed by atoms with Crippen LogP contribution in [0.3, 0.4) is 0 Å². The normalized spacial score (nSPS) is 14.8. The molecule has 1 fully saturated rings. The van der Waals surface area contributed by atoms with Crippen LogP contribution in [0, 0.1) is 11.8 Å². The second-order valence-corrected chi connectivity index (χ2v) is 10.4. The molecule has 4 aromatic rings. The predicted molar refractivity (Wildman–Crippen MR) is 152 cm³/mol. The summed E-state index contributed by atoms with van der Waals surface area (Å²) < 4.78 is 43.7. The van der Waals surface area contributed by atoms with Crippen molar-refractivity contribution in [3.8, 4) is 17.6 Å². The van der Waals surface area contributed by atoms with Gasteiger partial charge in [0.1, 0.15) is 5.75 Å². The average Bonchev–Trinajstić information content (AvgIpc) is 3.57. The summed E-state index contributed by atoms with van der Waals surface area (Å²) in [7, 11) is 0. The van der Waals surface area contributed by atoms with Crippen LogP contribution < -0.4 is 15.0 Å². The van der Waals surface area contributed by atoms with Gasteiger partial charge in [0.25, 0.3) is 5.91 Å². The fourth-order valence-corrected chi connectivity index (χ4v) is 4.97. The number of benzene rings is 3. The number of amides is 2. The zero-order chi connectivity index (χ0) is 29.9. The molecular weight excluding hydrogens is 547 g/mol. The number of hydrogen-bond donors (Lipinski definition) is 3. The largest absolute Gasteiger partial charge is 0.573 e. The number of aromatic nitrogens is 1. The van der Waals surface area contributed by atoms with Gasteiger partial charge in [0.2, 0.25) is 5.91 Å². The number of para-hydroxylation sites is 1. The van der Waals surface area contributed by atoms with Crippen molar-refractivity contribution in [3.05, 3.63) is 95.2 Å². The number of H-pyrrole nitrogens is 1. The number of carbonyl (C=O) groups excluding carboxylic acids is 2. The number of aromatic amines is 1. The number of aliphatic hydroxyl groups excluding tert-OH is 1. The van der Waals surface area contributed by atoms with Crippen molar-refractivity contribution in [1.29, 1.82) is 0 Å². The van der Waals surface area contributed by atoms with Crippen molar-refractivity contribution in [1.82, 2.24) is 10.3 Å². The zero-order valence-electron chi connectivity index (χ0n) is 22.7. The van der Waals surface area contributed by atoms with Gasteiger partial charge in [-0.2, -0.15) is 0 Å². The van der Waals surface area contributed by atoms with Crippen LogP contribution >= 0.6 is 0 Å². The topological polar surface area (TPSA) is 94.7 Å². The molecule has 2 amide bonds. The average molecular weight is 576 g/mol. The first-order chi connectivity index (χ1) is 20.0. The van der Waals surface area contributed by atoms with E-state index >= 15 is 0 Å². The zero-order valence-corrected chi connectivity index (χ0v) is 22.7. The third-order valence-corrected chi connectivity index (χ3v) is 7.07. The molecule has 216 valence electrons. The van der Waals surface area contributed by atoms with E-state index in [1.807, 2.05) is 24.3 Å². The van der Waals surface area contributed by atoms with Gasteiger partial charge in [0.15, 0.2) is 0 Å². The van der Waals surface area contributed by atoms with E-state index < -0.39 is 30.2 Å². The van der Waals surface area contributed by atoms with Crippen molar-refractivity contribution in [2.45, 2.75) is 38.1 Å². The van der Waals surface area contributed by atoms with Gasteiger partial charge in [-0.25, -0.2) is 0 Å². The van der Waals surface area contributed by atoms with Crippen molar-refractivity contribution in [2.75, 3.05) is 18.1 Å². The molecule has 42 heavy (non-hydrogen) atoms. The molecular formula is C32H28F3N3O4. The molecule has 1 aliphatic rings. The Balaban J connectivity index is 1.39. The highest BCUT2D eigenvalue weighted by Gasteiger charge is 2.34. The Morgan fingerprint density at radius 3 is 2.48 bits per heavy atom. The molecule has 0 spiro atoms. The molecule has 5 rings (SSSR count). The fourth-order valence-electron chi connectivity index (χ4n) is 4.97. The summed E-state index contributed by atoms with van der Waals surface area (Å²) >= 11 is 0. The second kappa shape index (κ2) is 11.6. The molecule has 1 aliphatic heterocycles.